The van der Waals surface area contributed by atoms with Crippen molar-refractivity contribution in [3.05, 3.63) is 0 Å². The Balaban J connectivity index is 4.13. The van der Waals surface area contributed by atoms with Crippen molar-refractivity contribution in [2.75, 3.05) is 6.61 Å². The minimum absolute atomic E-state index is 0.581. The minimum atomic E-state index is -1.18. The summed E-state index contributed by atoms with van der Waals surface area (Å²) in [7, 11) is 0. The molecule has 0 aliphatic heterocycles. The largest absolute Gasteiger partial charge is 0.394 e. The third kappa shape index (κ3) is 3.83. The van der Waals surface area contributed by atoms with Gasteiger partial charge in [0.25, 0.3) is 5.91 Å². The van der Waals surface area contributed by atoms with Crippen molar-refractivity contribution in [1.29, 1.82) is 0 Å². The summed E-state index contributed by atoms with van der Waals surface area (Å²) in [4.78, 5) is 21.6. The summed E-state index contributed by atoms with van der Waals surface area (Å²) in [6, 6.07) is -1.95. The first-order valence-electron chi connectivity index (χ1n) is 3.63. The Bertz CT molecular complexity index is 194. The number of nitrogens with two attached hydrogens (primary N) is 1. The fourth-order valence-electron chi connectivity index (χ4n) is 0.575. The third-order valence-corrected chi connectivity index (χ3v) is 1.34. The molecule has 2 amide bonds. The van der Waals surface area contributed by atoms with Crippen LogP contribution in [-0.4, -0.2) is 40.8 Å². The molecule has 13 heavy (non-hydrogen) atoms. The number of hydrogen-bond donors (Lipinski definition) is 5. The SMILES string of the molecule is C[C@H](N)C(=O)N[C@@H](CO)C(=O)NO. The Labute approximate surface area is 74.9 Å². The van der Waals surface area contributed by atoms with Gasteiger partial charge in [0.2, 0.25) is 5.91 Å². The topological polar surface area (TPSA) is 125 Å². The Morgan fingerprint density at radius 1 is 1.46 bits per heavy atom. The molecule has 2 atom stereocenters. The van der Waals surface area contributed by atoms with Crippen LogP contribution < -0.4 is 16.5 Å². The predicted octanol–water partition coefficient (Wildman–Crippen LogP) is -2.68. The molecule has 0 radical (unpaired) electrons. The monoisotopic (exact) mass is 191 g/mol. The maximum atomic E-state index is 10.9. The van der Waals surface area contributed by atoms with Gasteiger partial charge >= 0.3 is 0 Å². The lowest BCUT2D eigenvalue weighted by Crippen LogP contribution is -2.52. The van der Waals surface area contributed by atoms with Crippen molar-refractivity contribution >= 4 is 11.8 Å². The average Bonchev–Trinajstić information content (AvgIpc) is 2.12. The van der Waals surface area contributed by atoms with Crippen LogP contribution in [0, 0.1) is 0 Å². The lowest BCUT2D eigenvalue weighted by Gasteiger charge is -2.15. The van der Waals surface area contributed by atoms with E-state index in [1.165, 1.54) is 12.4 Å². The molecule has 0 bridgehead atoms. The number of hydroxylamine groups is 1. The van der Waals surface area contributed by atoms with Gasteiger partial charge in [0, 0.05) is 0 Å². The van der Waals surface area contributed by atoms with E-state index >= 15 is 0 Å². The van der Waals surface area contributed by atoms with Crippen molar-refractivity contribution in [3.63, 3.8) is 0 Å². The number of aliphatic hydroxyl groups is 1. The summed E-state index contributed by atoms with van der Waals surface area (Å²) >= 11 is 0. The molecule has 76 valence electrons. The van der Waals surface area contributed by atoms with Crippen LogP contribution in [0.5, 0.6) is 0 Å². The molecule has 7 nitrogen and oxygen atoms in total. The lowest BCUT2D eigenvalue weighted by atomic mass is 10.2. The molecule has 0 unspecified atom stereocenters. The van der Waals surface area contributed by atoms with E-state index in [4.69, 9.17) is 16.0 Å². The van der Waals surface area contributed by atoms with Crippen molar-refractivity contribution in [1.82, 2.24) is 10.8 Å². The zero-order valence-electron chi connectivity index (χ0n) is 7.15. The summed E-state index contributed by atoms with van der Waals surface area (Å²) in [6.07, 6.45) is 0. The first kappa shape index (κ1) is 11.8. The van der Waals surface area contributed by atoms with E-state index in [1.807, 2.05) is 0 Å². The molecule has 0 saturated heterocycles. The second kappa shape index (κ2) is 5.46. The lowest BCUT2D eigenvalue weighted by molar-refractivity contribution is -0.136. The molecule has 0 heterocycles. The van der Waals surface area contributed by atoms with Crippen LogP contribution in [-0.2, 0) is 9.59 Å². The molecule has 0 aromatic heterocycles. The fourth-order valence-corrected chi connectivity index (χ4v) is 0.575. The van der Waals surface area contributed by atoms with Crippen molar-refractivity contribution in [2.45, 2.75) is 19.0 Å². The van der Waals surface area contributed by atoms with Crippen LogP contribution >= 0.6 is 0 Å². The molecule has 0 rings (SSSR count). The summed E-state index contributed by atoms with van der Waals surface area (Å²) < 4.78 is 0. The number of carbonyl (C=O) groups is 2. The molecule has 6 N–H and O–H groups in total. The van der Waals surface area contributed by atoms with Crippen LogP contribution in [0.1, 0.15) is 6.92 Å². The Morgan fingerprint density at radius 2 is 2.00 bits per heavy atom. The molecule has 0 saturated carbocycles. The molecule has 0 aliphatic carbocycles. The zero-order valence-corrected chi connectivity index (χ0v) is 7.15. The smallest absolute Gasteiger partial charge is 0.268 e. The highest BCUT2D eigenvalue weighted by Crippen LogP contribution is 1.84. The molecular formula is C6H13N3O4. The van der Waals surface area contributed by atoms with Gasteiger partial charge in [-0.15, -0.1) is 0 Å². The van der Waals surface area contributed by atoms with Gasteiger partial charge in [0.15, 0.2) is 0 Å². The molecule has 0 spiro atoms. The van der Waals surface area contributed by atoms with Gasteiger partial charge in [-0.1, -0.05) is 0 Å². The molecule has 0 aliphatic rings. The van der Waals surface area contributed by atoms with E-state index in [0.717, 1.165) is 0 Å². The van der Waals surface area contributed by atoms with E-state index < -0.39 is 30.5 Å². The second-order valence-electron chi connectivity index (χ2n) is 2.51. The van der Waals surface area contributed by atoms with Gasteiger partial charge in [-0.2, -0.15) is 0 Å². The predicted molar refractivity (Wildman–Crippen MR) is 42.6 cm³/mol. The van der Waals surface area contributed by atoms with E-state index in [1.54, 1.807) is 0 Å². The van der Waals surface area contributed by atoms with Crippen LogP contribution in [0.3, 0.4) is 0 Å². The van der Waals surface area contributed by atoms with Gasteiger partial charge in [-0.25, -0.2) is 5.48 Å². The van der Waals surface area contributed by atoms with Crippen LogP contribution in [0.4, 0.5) is 0 Å². The first-order chi connectivity index (χ1) is 6.02. The number of carbonyl (C=O) groups excluding carboxylic acids is 2. The molecule has 0 aromatic carbocycles. The Kier molecular flexibility index (Phi) is 4.97. The summed E-state index contributed by atoms with van der Waals surface area (Å²) in [5, 5.41) is 19.0. The Hall–Kier alpha value is -1.18. The number of nitrogens with one attached hydrogen (secondary N) is 2. The quantitative estimate of drug-likeness (QED) is 0.244. The normalized spacial score (nSPS) is 14.5. The summed E-state index contributed by atoms with van der Waals surface area (Å²) in [6.45, 7) is 0.825. The highest BCUT2D eigenvalue weighted by Gasteiger charge is 2.20. The molecule has 0 aromatic rings. The number of aliphatic hydroxyl groups excluding tert-OH is 1. The number of hydrogen-bond acceptors (Lipinski definition) is 5. The van der Waals surface area contributed by atoms with Gasteiger partial charge < -0.3 is 16.2 Å². The zero-order chi connectivity index (χ0) is 10.4. The van der Waals surface area contributed by atoms with Gasteiger partial charge in [0.05, 0.1) is 12.6 Å². The second-order valence-corrected chi connectivity index (χ2v) is 2.51. The molecular weight excluding hydrogens is 178 g/mol. The summed E-state index contributed by atoms with van der Waals surface area (Å²) in [5.74, 6) is -1.47. The van der Waals surface area contributed by atoms with Crippen LogP contribution in [0.2, 0.25) is 0 Å². The highest BCUT2D eigenvalue weighted by atomic mass is 16.5. The molecule has 0 fully saturated rings. The van der Waals surface area contributed by atoms with Crippen molar-refractivity contribution in [2.24, 2.45) is 5.73 Å². The van der Waals surface area contributed by atoms with E-state index in [2.05, 4.69) is 5.32 Å². The minimum Gasteiger partial charge on any atom is -0.394 e. The Morgan fingerprint density at radius 3 is 2.31 bits per heavy atom. The maximum Gasteiger partial charge on any atom is 0.268 e. The third-order valence-electron chi connectivity index (χ3n) is 1.34. The number of amides is 2. The average molecular weight is 191 g/mol. The molecule has 7 heteroatoms. The fraction of sp³-hybridized carbons (Fsp3) is 0.667. The van der Waals surface area contributed by atoms with Crippen LogP contribution in [0.25, 0.3) is 0 Å². The summed E-state index contributed by atoms with van der Waals surface area (Å²) in [5.41, 5.74) is 6.50. The maximum absolute atomic E-state index is 10.9. The first-order valence-corrected chi connectivity index (χ1v) is 3.63. The van der Waals surface area contributed by atoms with Crippen molar-refractivity contribution in [3.8, 4) is 0 Å². The van der Waals surface area contributed by atoms with Gasteiger partial charge in [0.1, 0.15) is 6.04 Å². The highest BCUT2D eigenvalue weighted by molar-refractivity contribution is 5.89. The van der Waals surface area contributed by atoms with Gasteiger partial charge in [-0.3, -0.25) is 14.8 Å². The number of rotatable bonds is 4. The van der Waals surface area contributed by atoms with Crippen LogP contribution in [0.15, 0.2) is 0 Å². The van der Waals surface area contributed by atoms with Crippen molar-refractivity contribution < 1.29 is 19.9 Å². The van der Waals surface area contributed by atoms with E-state index in [-0.39, 0.29) is 0 Å². The van der Waals surface area contributed by atoms with E-state index in [0.29, 0.717) is 0 Å². The van der Waals surface area contributed by atoms with E-state index in [9.17, 15) is 9.59 Å². The standard InChI is InChI=1S/C6H13N3O4/c1-3(7)5(11)8-4(2-10)6(12)9-13/h3-4,10,13H,2,7H2,1H3,(H,8,11)(H,9,12)/t3-,4-/m0/s1. The van der Waals surface area contributed by atoms with Gasteiger partial charge in [-0.05, 0) is 6.92 Å².